The SMILES string of the molecule is CNC1CCC(C(C)C)CC1CN1CC(C)C(C)C1. The summed E-state index contributed by atoms with van der Waals surface area (Å²) in [6, 6.07) is 0.751. The second-order valence-corrected chi connectivity index (χ2v) is 7.65. The molecule has 2 fully saturated rings. The lowest BCUT2D eigenvalue weighted by molar-refractivity contribution is 0.133. The van der Waals surface area contributed by atoms with Crippen LogP contribution in [-0.2, 0) is 0 Å². The Kier molecular flexibility index (Phi) is 5.30. The molecule has 19 heavy (non-hydrogen) atoms. The minimum Gasteiger partial charge on any atom is -0.317 e. The van der Waals surface area contributed by atoms with Crippen molar-refractivity contribution in [2.45, 2.75) is 53.0 Å². The molecule has 1 heterocycles. The van der Waals surface area contributed by atoms with E-state index in [1.54, 1.807) is 0 Å². The Bertz CT molecular complexity index is 266. The molecule has 0 aromatic heterocycles. The minimum atomic E-state index is 0.751. The monoisotopic (exact) mass is 266 g/mol. The Hall–Kier alpha value is -0.0800. The van der Waals surface area contributed by atoms with Crippen molar-refractivity contribution < 1.29 is 0 Å². The maximum absolute atomic E-state index is 3.58. The Morgan fingerprint density at radius 3 is 2.26 bits per heavy atom. The van der Waals surface area contributed by atoms with Crippen molar-refractivity contribution in [3.05, 3.63) is 0 Å². The summed E-state index contributed by atoms with van der Waals surface area (Å²) in [6.07, 6.45) is 4.23. The van der Waals surface area contributed by atoms with E-state index in [2.05, 4.69) is 45.0 Å². The summed E-state index contributed by atoms with van der Waals surface area (Å²) in [6.45, 7) is 13.6. The normalized spacial score (nSPS) is 41.1. The minimum absolute atomic E-state index is 0.751. The summed E-state index contributed by atoms with van der Waals surface area (Å²) in [4.78, 5) is 2.73. The summed E-state index contributed by atoms with van der Waals surface area (Å²) >= 11 is 0. The van der Waals surface area contributed by atoms with Gasteiger partial charge in [-0.2, -0.15) is 0 Å². The average molecular weight is 266 g/mol. The lowest BCUT2D eigenvalue weighted by Gasteiger charge is -2.39. The predicted octanol–water partition coefficient (Wildman–Crippen LogP) is 3.23. The van der Waals surface area contributed by atoms with Gasteiger partial charge in [0.1, 0.15) is 0 Å². The van der Waals surface area contributed by atoms with Crippen molar-refractivity contribution in [1.29, 1.82) is 0 Å². The highest BCUT2D eigenvalue weighted by Gasteiger charge is 2.34. The summed E-state index contributed by atoms with van der Waals surface area (Å²) in [5.74, 6) is 4.45. The van der Waals surface area contributed by atoms with E-state index < -0.39 is 0 Å². The van der Waals surface area contributed by atoms with Gasteiger partial charge in [-0.25, -0.2) is 0 Å². The Morgan fingerprint density at radius 1 is 1.11 bits per heavy atom. The molecule has 1 aliphatic heterocycles. The van der Waals surface area contributed by atoms with Crippen molar-refractivity contribution in [3.63, 3.8) is 0 Å². The molecule has 1 aliphatic carbocycles. The van der Waals surface area contributed by atoms with Gasteiger partial charge in [0.25, 0.3) is 0 Å². The van der Waals surface area contributed by atoms with Crippen LogP contribution >= 0.6 is 0 Å². The smallest absolute Gasteiger partial charge is 0.0105 e. The van der Waals surface area contributed by atoms with Gasteiger partial charge in [0.15, 0.2) is 0 Å². The molecule has 2 rings (SSSR count). The van der Waals surface area contributed by atoms with Crippen LogP contribution in [0.25, 0.3) is 0 Å². The highest BCUT2D eigenvalue weighted by atomic mass is 15.2. The topological polar surface area (TPSA) is 15.3 Å². The Balaban J connectivity index is 1.91. The fraction of sp³-hybridized carbons (Fsp3) is 1.00. The van der Waals surface area contributed by atoms with Gasteiger partial charge in [-0.15, -0.1) is 0 Å². The fourth-order valence-corrected chi connectivity index (χ4v) is 4.22. The van der Waals surface area contributed by atoms with E-state index >= 15 is 0 Å². The molecule has 2 heteroatoms. The number of likely N-dealkylation sites (tertiary alicyclic amines) is 1. The summed E-state index contributed by atoms with van der Waals surface area (Å²) in [5.41, 5.74) is 0. The molecule has 112 valence electrons. The van der Waals surface area contributed by atoms with Crippen molar-refractivity contribution in [2.75, 3.05) is 26.7 Å². The first kappa shape index (κ1) is 15.3. The van der Waals surface area contributed by atoms with E-state index in [-0.39, 0.29) is 0 Å². The van der Waals surface area contributed by atoms with Gasteiger partial charge in [-0.05, 0) is 55.9 Å². The van der Waals surface area contributed by atoms with Gasteiger partial charge >= 0.3 is 0 Å². The van der Waals surface area contributed by atoms with Crippen molar-refractivity contribution >= 4 is 0 Å². The first-order valence-corrected chi connectivity index (χ1v) is 8.40. The van der Waals surface area contributed by atoms with E-state index in [1.165, 1.54) is 38.9 Å². The number of hydrogen-bond acceptors (Lipinski definition) is 2. The second kappa shape index (κ2) is 6.58. The molecule has 0 bridgehead atoms. The largest absolute Gasteiger partial charge is 0.317 e. The maximum atomic E-state index is 3.58. The van der Waals surface area contributed by atoms with Crippen LogP contribution in [0.15, 0.2) is 0 Å². The molecule has 0 radical (unpaired) electrons. The molecular formula is C17H34N2. The molecular weight excluding hydrogens is 232 g/mol. The number of hydrogen-bond donors (Lipinski definition) is 1. The van der Waals surface area contributed by atoms with Gasteiger partial charge in [0.05, 0.1) is 0 Å². The third-order valence-corrected chi connectivity index (χ3v) is 5.89. The van der Waals surface area contributed by atoms with Gasteiger partial charge < -0.3 is 10.2 Å². The Morgan fingerprint density at radius 2 is 1.74 bits per heavy atom. The molecule has 0 amide bonds. The van der Waals surface area contributed by atoms with Crippen LogP contribution < -0.4 is 5.32 Å². The molecule has 2 nitrogen and oxygen atoms in total. The fourth-order valence-electron chi connectivity index (χ4n) is 4.22. The van der Waals surface area contributed by atoms with Gasteiger partial charge in [-0.1, -0.05) is 27.7 Å². The predicted molar refractivity (Wildman–Crippen MR) is 83.3 cm³/mol. The number of nitrogens with one attached hydrogen (secondary N) is 1. The quantitative estimate of drug-likeness (QED) is 0.840. The van der Waals surface area contributed by atoms with Crippen LogP contribution in [0, 0.1) is 29.6 Å². The number of rotatable bonds is 4. The highest BCUT2D eigenvalue weighted by Crippen LogP contribution is 2.35. The van der Waals surface area contributed by atoms with E-state index in [4.69, 9.17) is 0 Å². The summed E-state index contributed by atoms with van der Waals surface area (Å²) in [5, 5.41) is 3.58. The molecule has 0 aromatic rings. The zero-order valence-electron chi connectivity index (χ0n) is 13.7. The summed E-state index contributed by atoms with van der Waals surface area (Å²) < 4.78 is 0. The molecule has 0 aromatic carbocycles. The lowest BCUT2D eigenvalue weighted by atomic mass is 9.73. The third kappa shape index (κ3) is 3.72. The first-order chi connectivity index (χ1) is 9.01. The van der Waals surface area contributed by atoms with E-state index in [9.17, 15) is 0 Å². The van der Waals surface area contributed by atoms with Crippen LogP contribution in [0.5, 0.6) is 0 Å². The Labute approximate surface area is 120 Å². The van der Waals surface area contributed by atoms with Crippen LogP contribution in [0.4, 0.5) is 0 Å². The molecule has 0 spiro atoms. The lowest BCUT2D eigenvalue weighted by Crippen LogP contribution is -2.45. The zero-order valence-corrected chi connectivity index (χ0v) is 13.7. The molecule has 2 aliphatic rings. The molecule has 1 N–H and O–H groups in total. The highest BCUT2D eigenvalue weighted by molar-refractivity contribution is 4.89. The molecule has 1 saturated carbocycles. The van der Waals surface area contributed by atoms with Crippen LogP contribution in [0.1, 0.15) is 47.0 Å². The van der Waals surface area contributed by atoms with Crippen LogP contribution in [0.3, 0.4) is 0 Å². The molecule has 5 atom stereocenters. The first-order valence-electron chi connectivity index (χ1n) is 8.40. The van der Waals surface area contributed by atoms with Crippen molar-refractivity contribution in [3.8, 4) is 0 Å². The second-order valence-electron chi connectivity index (χ2n) is 7.65. The van der Waals surface area contributed by atoms with Crippen molar-refractivity contribution in [1.82, 2.24) is 10.2 Å². The standard InChI is InChI=1S/C17H34N2/c1-12(2)15-6-7-17(18-5)16(8-15)11-19-9-13(3)14(4)10-19/h12-18H,6-11H2,1-5H3. The van der Waals surface area contributed by atoms with Gasteiger partial charge in [0.2, 0.25) is 0 Å². The van der Waals surface area contributed by atoms with Crippen molar-refractivity contribution in [2.24, 2.45) is 29.6 Å². The van der Waals surface area contributed by atoms with Crippen LogP contribution in [0.2, 0.25) is 0 Å². The van der Waals surface area contributed by atoms with Crippen LogP contribution in [-0.4, -0.2) is 37.6 Å². The summed E-state index contributed by atoms with van der Waals surface area (Å²) in [7, 11) is 2.16. The molecule has 1 saturated heterocycles. The zero-order chi connectivity index (χ0) is 14.0. The maximum Gasteiger partial charge on any atom is 0.0105 e. The molecule has 5 unspecified atom stereocenters. The van der Waals surface area contributed by atoms with E-state index in [0.29, 0.717) is 0 Å². The third-order valence-electron chi connectivity index (χ3n) is 5.89. The number of nitrogens with zero attached hydrogens (tertiary/aromatic N) is 1. The van der Waals surface area contributed by atoms with E-state index in [1.807, 2.05) is 0 Å². The van der Waals surface area contributed by atoms with E-state index in [0.717, 1.165) is 35.6 Å². The average Bonchev–Trinajstić information content (AvgIpc) is 2.68. The van der Waals surface area contributed by atoms with Gasteiger partial charge in [0, 0.05) is 25.7 Å². The van der Waals surface area contributed by atoms with Gasteiger partial charge in [-0.3, -0.25) is 0 Å².